The number of hydrogen-bond acceptors (Lipinski definition) is 6. The number of carbonyl (C=O) groups excluding carboxylic acids is 4. The molecule has 3 aliphatic carbocycles. The average Bonchev–Trinajstić information content (AvgIpc) is 3.85. The predicted molar refractivity (Wildman–Crippen MR) is 148 cm³/mol. The summed E-state index contributed by atoms with van der Waals surface area (Å²) in [5.41, 5.74) is -1.29. The molecule has 4 atom stereocenters. The molecule has 4 unspecified atom stereocenters. The van der Waals surface area contributed by atoms with Gasteiger partial charge in [0.1, 0.15) is 6.04 Å². The van der Waals surface area contributed by atoms with Gasteiger partial charge in [-0.3, -0.25) is 19.2 Å². The number of hydrogen-bond donors (Lipinski definition) is 3. The Labute approximate surface area is 246 Å². The number of alkyl halides is 3. The average molecular weight is 602 g/mol. The summed E-state index contributed by atoms with van der Waals surface area (Å²) < 4.78 is 39.6. The highest BCUT2D eigenvalue weighted by atomic mass is 19.4. The van der Waals surface area contributed by atoms with Crippen LogP contribution < -0.4 is 16.0 Å². The maximum absolute atomic E-state index is 11.8. The number of methoxy groups -OCH3 is 1. The molecule has 10 nitrogen and oxygen atoms in total. The van der Waals surface area contributed by atoms with Gasteiger partial charge in [-0.2, -0.15) is 18.4 Å². The summed E-state index contributed by atoms with van der Waals surface area (Å²) in [5, 5.41) is 16.5. The van der Waals surface area contributed by atoms with Gasteiger partial charge in [-0.25, -0.2) is 0 Å². The minimum absolute atomic E-state index is 0.0282. The highest BCUT2D eigenvalue weighted by Crippen LogP contribution is 2.61. The van der Waals surface area contributed by atoms with Crippen molar-refractivity contribution < 1.29 is 37.1 Å². The van der Waals surface area contributed by atoms with Crippen LogP contribution in [-0.4, -0.2) is 79.6 Å². The third-order valence-electron chi connectivity index (χ3n) is 8.62. The van der Waals surface area contributed by atoms with Crippen LogP contribution in [0.15, 0.2) is 0 Å². The van der Waals surface area contributed by atoms with E-state index in [2.05, 4.69) is 55.3 Å². The summed E-state index contributed by atoms with van der Waals surface area (Å²) in [4.78, 5) is 45.1. The molecule has 0 aromatic heterocycles. The Hall–Kier alpha value is -2.88. The zero-order valence-corrected chi connectivity index (χ0v) is 25.5. The molecular weight excluding hydrogens is 555 g/mol. The molecule has 5 aliphatic rings. The minimum atomic E-state index is -4.16. The molecule has 5 fully saturated rings. The molecule has 0 aromatic carbocycles. The second-order valence-electron chi connectivity index (χ2n) is 13.1. The van der Waals surface area contributed by atoms with Crippen LogP contribution in [0, 0.1) is 40.4 Å². The number of nitrogens with zero attached hydrogens (tertiary/aromatic N) is 2. The van der Waals surface area contributed by atoms with E-state index in [0.717, 1.165) is 45.4 Å². The Morgan fingerprint density at radius 1 is 1.14 bits per heavy atom. The van der Waals surface area contributed by atoms with Crippen molar-refractivity contribution in [2.45, 2.75) is 96.5 Å². The first kappa shape index (κ1) is 35.3. The summed E-state index contributed by atoms with van der Waals surface area (Å²) in [7, 11) is 1.10. The summed E-state index contributed by atoms with van der Waals surface area (Å²) in [6.45, 7) is 12.9. The van der Waals surface area contributed by atoms with Gasteiger partial charge in [0.15, 0.2) is 5.60 Å². The largest absolute Gasteiger partial charge is 0.417 e. The van der Waals surface area contributed by atoms with Crippen molar-refractivity contribution in [1.82, 2.24) is 20.9 Å². The molecule has 5 rings (SSSR count). The summed E-state index contributed by atoms with van der Waals surface area (Å²) in [6, 6.07) is 1.43. The molecule has 42 heavy (non-hydrogen) atoms. The van der Waals surface area contributed by atoms with Gasteiger partial charge in [-0.05, 0) is 61.7 Å². The van der Waals surface area contributed by atoms with E-state index in [9.17, 15) is 32.3 Å². The first-order valence-electron chi connectivity index (χ1n) is 14.5. The lowest BCUT2D eigenvalue weighted by Crippen LogP contribution is -2.38. The second-order valence-corrected chi connectivity index (χ2v) is 13.1. The van der Waals surface area contributed by atoms with Gasteiger partial charge >= 0.3 is 6.18 Å². The normalized spacial score (nSPS) is 26.7. The van der Waals surface area contributed by atoms with E-state index in [0.29, 0.717) is 36.5 Å². The molecule has 13 heteroatoms. The number of nitrogens with one attached hydrogen (secondary N) is 3. The molecule has 1 spiro atoms. The van der Waals surface area contributed by atoms with Crippen LogP contribution in [0.2, 0.25) is 0 Å². The van der Waals surface area contributed by atoms with Gasteiger partial charge in [-0.15, -0.1) is 0 Å². The Kier molecular flexibility index (Phi) is 11.8. The highest BCUT2D eigenvalue weighted by molar-refractivity contribution is 5.83. The zero-order chi connectivity index (χ0) is 31.9. The fourth-order valence-electron chi connectivity index (χ4n) is 5.47. The minimum Gasteiger partial charge on any atom is -0.369 e. The molecule has 238 valence electrons. The number of amides is 4. The highest BCUT2D eigenvalue weighted by Gasteiger charge is 2.64. The lowest BCUT2D eigenvalue weighted by molar-refractivity contribution is -0.227. The number of nitriles is 1. The van der Waals surface area contributed by atoms with Gasteiger partial charge in [0, 0.05) is 31.7 Å². The maximum Gasteiger partial charge on any atom is 0.417 e. The molecule has 2 heterocycles. The van der Waals surface area contributed by atoms with Crippen LogP contribution >= 0.6 is 0 Å². The molecule has 4 amide bonds. The number of piperidine rings is 1. The molecule has 3 N–H and O–H groups in total. The number of halogens is 3. The molecule has 3 saturated carbocycles. The fourth-order valence-corrected chi connectivity index (χ4v) is 5.47. The van der Waals surface area contributed by atoms with Crippen molar-refractivity contribution in [1.29, 1.82) is 5.26 Å². The topological polar surface area (TPSA) is 141 Å². The summed E-state index contributed by atoms with van der Waals surface area (Å²) in [6.07, 6.45) is 0.475. The van der Waals surface area contributed by atoms with Crippen LogP contribution in [0.1, 0.15) is 73.1 Å². The Bertz CT molecular complexity index is 988. The molecule has 0 bridgehead atoms. The Morgan fingerprint density at radius 2 is 1.69 bits per heavy atom. The van der Waals surface area contributed by atoms with Crippen LogP contribution in [0.4, 0.5) is 13.2 Å². The second kappa shape index (κ2) is 14.1. The first-order chi connectivity index (χ1) is 19.5. The van der Waals surface area contributed by atoms with Crippen LogP contribution in [0.5, 0.6) is 0 Å². The smallest absolute Gasteiger partial charge is 0.369 e. The number of rotatable bonds is 8. The van der Waals surface area contributed by atoms with E-state index in [1.165, 1.54) is 0 Å². The number of carbonyl (C=O) groups is 4. The molecule has 0 radical (unpaired) electrons. The zero-order valence-electron chi connectivity index (χ0n) is 25.5. The van der Waals surface area contributed by atoms with Gasteiger partial charge < -0.3 is 25.6 Å². The van der Waals surface area contributed by atoms with Gasteiger partial charge in [-0.1, -0.05) is 34.6 Å². The van der Waals surface area contributed by atoms with Crippen molar-refractivity contribution in [3.05, 3.63) is 0 Å². The summed E-state index contributed by atoms with van der Waals surface area (Å²) in [5.74, 6) is 2.15. The van der Waals surface area contributed by atoms with Crippen molar-refractivity contribution in [3.63, 3.8) is 0 Å². The quantitative estimate of drug-likeness (QED) is 0.366. The van der Waals surface area contributed by atoms with E-state index in [1.807, 2.05) is 11.0 Å². The third-order valence-corrected chi connectivity index (χ3v) is 8.62. The Morgan fingerprint density at radius 3 is 2.02 bits per heavy atom. The third kappa shape index (κ3) is 9.31. The molecule has 2 aliphatic heterocycles. The van der Waals surface area contributed by atoms with Crippen LogP contribution in [-0.2, 0) is 23.9 Å². The molecular formula is C29H46F3N5O5. The summed E-state index contributed by atoms with van der Waals surface area (Å²) >= 11 is 0. The maximum atomic E-state index is 11.8. The number of fused-ring (bicyclic) bond motifs is 1. The van der Waals surface area contributed by atoms with Crippen LogP contribution in [0.3, 0.4) is 0 Å². The van der Waals surface area contributed by atoms with Gasteiger partial charge in [0.25, 0.3) is 0 Å². The first-order valence-corrected chi connectivity index (χ1v) is 14.5. The van der Waals surface area contributed by atoms with E-state index >= 15 is 0 Å². The van der Waals surface area contributed by atoms with Crippen molar-refractivity contribution >= 4 is 24.6 Å². The lowest BCUT2D eigenvalue weighted by Gasteiger charge is -2.21. The van der Waals surface area contributed by atoms with E-state index < -0.39 is 17.8 Å². The molecule has 2 saturated heterocycles. The van der Waals surface area contributed by atoms with E-state index in [-0.39, 0.29) is 42.7 Å². The van der Waals surface area contributed by atoms with Crippen molar-refractivity contribution in [3.8, 4) is 6.07 Å². The fraction of sp³-hybridized carbons (Fsp3) is 0.828. The van der Waals surface area contributed by atoms with E-state index in [1.54, 1.807) is 0 Å². The lowest BCUT2D eigenvalue weighted by atomic mass is 9.96. The SMILES string of the molecule is CC(C)C.CC1(C)C2CN(C(=O)CNC=O)CC21.COC1(C(F)(F)F)CC1.N#CC(CC1CC2(CC2)NC1=O)NC=O. The van der Waals surface area contributed by atoms with E-state index in [4.69, 9.17) is 5.26 Å². The number of likely N-dealkylation sites (tertiary alicyclic amines) is 1. The predicted octanol–water partition coefficient (Wildman–Crippen LogP) is 2.92. The van der Waals surface area contributed by atoms with Crippen molar-refractivity contribution in [2.24, 2.45) is 29.1 Å². The Balaban J connectivity index is 0.000000212. The molecule has 0 aromatic rings. The van der Waals surface area contributed by atoms with Crippen molar-refractivity contribution in [2.75, 3.05) is 26.7 Å². The van der Waals surface area contributed by atoms with Crippen LogP contribution in [0.25, 0.3) is 0 Å². The van der Waals surface area contributed by atoms with Gasteiger partial charge in [0.2, 0.25) is 24.6 Å². The monoisotopic (exact) mass is 601 g/mol. The van der Waals surface area contributed by atoms with Gasteiger partial charge in [0.05, 0.1) is 12.6 Å². The standard InChI is InChI=1S/C10H13N3O2.C10H16N2O2.C5H7F3O.C4H10/c11-5-8(12-6-14)3-7-4-10(1-2-10)13-9(7)15;1-10(2)7-4-12(5-8(7)10)9(14)3-11-6-13;1-9-4(2-3-4)5(6,7)8;1-4(2)3/h6-8H,1-4H2,(H,12,14)(H,13,15);6-8H,3-5H2,1-2H3,(H,11,13);2-3H2,1H3;4H,1-3H3. The number of ether oxygens (including phenoxy) is 1.